The van der Waals surface area contributed by atoms with E-state index >= 15 is 0 Å². The summed E-state index contributed by atoms with van der Waals surface area (Å²) in [7, 11) is 0. The fourth-order valence-corrected chi connectivity index (χ4v) is 2.15. The molecular weight excluding hydrogens is 228 g/mol. The Labute approximate surface area is 103 Å². The summed E-state index contributed by atoms with van der Waals surface area (Å²) in [6, 6.07) is 6.76. The first-order valence-electron chi connectivity index (χ1n) is 5.41. The zero-order valence-corrected chi connectivity index (χ0v) is 9.38. The number of hydrogen-bond acceptors (Lipinski definition) is 3. The predicted octanol–water partition coefficient (Wildman–Crippen LogP) is 1.29. The van der Waals surface area contributed by atoms with Crippen LogP contribution in [0.5, 0.6) is 0 Å². The Morgan fingerprint density at radius 3 is 2.44 bits per heavy atom. The van der Waals surface area contributed by atoms with Crippen molar-refractivity contribution in [3.63, 3.8) is 0 Å². The van der Waals surface area contributed by atoms with E-state index in [0.29, 0.717) is 16.7 Å². The molecule has 0 bridgehead atoms. The molecule has 4 nitrogen and oxygen atoms in total. The van der Waals surface area contributed by atoms with E-state index in [-0.39, 0.29) is 23.8 Å². The molecule has 0 unspecified atom stereocenters. The molecule has 0 aliphatic heterocycles. The number of fused-ring (bicyclic) bond motifs is 2. The summed E-state index contributed by atoms with van der Waals surface area (Å²) in [4.78, 5) is 24.5. The quantitative estimate of drug-likeness (QED) is 0.598. The van der Waals surface area contributed by atoms with Gasteiger partial charge in [-0.3, -0.25) is 9.59 Å². The minimum atomic E-state index is -0.201. The van der Waals surface area contributed by atoms with Crippen molar-refractivity contribution in [2.24, 2.45) is 0 Å². The highest BCUT2D eigenvalue weighted by Gasteiger charge is 2.32. The molecule has 0 atom stereocenters. The molecule has 1 aliphatic carbocycles. The third-order valence-corrected chi connectivity index (χ3v) is 2.96. The van der Waals surface area contributed by atoms with Gasteiger partial charge < -0.3 is 0 Å². The summed E-state index contributed by atoms with van der Waals surface area (Å²) in [5.41, 5.74) is 1.45. The van der Waals surface area contributed by atoms with Gasteiger partial charge in [0.25, 0.3) is 0 Å². The van der Waals surface area contributed by atoms with Crippen molar-refractivity contribution in [3.8, 4) is 12.3 Å². The van der Waals surface area contributed by atoms with E-state index in [9.17, 15) is 9.59 Å². The van der Waals surface area contributed by atoms with Gasteiger partial charge in [-0.05, 0) is 0 Å². The second-order valence-corrected chi connectivity index (χ2v) is 3.97. The summed E-state index contributed by atoms with van der Waals surface area (Å²) in [6.45, 7) is 0.177. The first kappa shape index (κ1) is 10.5. The van der Waals surface area contributed by atoms with Gasteiger partial charge in [-0.2, -0.15) is 5.10 Å². The molecule has 1 heterocycles. The summed E-state index contributed by atoms with van der Waals surface area (Å²) in [5.74, 6) is 2.04. The number of nitrogens with zero attached hydrogens (tertiary/aromatic N) is 2. The van der Waals surface area contributed by atoms with Gasteiger partial charge in [0.2, 0.25) is 5.78 Å². The van der Waals surface area contributed by atoms with Gasteiger partial charge in [-0.25, -0.2) is 4.68 Å². The van der Waals surface area contributed by atoms with Crippen LogP contribution in [0.2, 0.25) is 0 Å². The monoisotopic (exact) mass is 236 g/mol. The Bertz CT molecular complexity index is 720. The van der Waals surface area contributed by atoms with Crippen molar-refractivity contribution in [1.29, 1.82) is 0 Å². The van der Waals surface area contributed by atoms with Crippen LogP contribution in [0.3, 0.4) is 0 Å². The number of hydrogen-bond donors (Lipinski definition) is 0. The third kappa shape index (κ3) is 1.25. The maximum Gasteiger partial charge on any atom is 0.212 e. The first-order chi connectivity index (χ1) is 8.74. The standard InChI is InChI=1S/C14H8N2O2/c1-2-7-16-12-11(8-15-16)13(17)9-5-3-4-6-10(9)14(12)18/h1,3-6,8H,7H2. The molecule has 1 aromatic heterocycles. The third-order valence-electron chi connectivity index (χ3n) is 2.96. The van der Waals surface area contributed by atoms with E-state index in [1.807, 2.05) is 0 Å². The largest absolute Gasteiger partial charge is 0.288 e. The fraction of sp³-hybridized carbons (Fsp3) is 0.0714. The molecule has 0 amide bonds. The lowest BCUT2D eigenvalue weighted by Gasteiger charge is -2.14. The second kappa shape index (κ2) is 3.67. The smallest absolute Gasteiger partial charge is 0.212 e. The maximum absolute atomic E-state index is 12.3. The Kier molecular flexibility index (Phi) is 2.14. The van der Waals surface area contributed by atoms with Crippen LogP contribution < -0.4 is 0 Å². The number of benzene rings is 1. The van der Waals surface area contributed by atoms with Crippen LogP contribution in [0.1, 0.15) is 32.0 Å². The van der Waals surface area contributed by atoms with E-state index in [2.05, 4.69) is 11.0 Å². The van der Waals surface area contributed by atoms with Gasteiger partial charge >= 0.3 is 0 Å². The molecule has 3 rings (SSSR count). The van der Waals surface area contributed by atoms with Gasteiger partial charge in [0.05, 0.1) is 11.8 Å². The van der Waals surface area contributed by atoms with E-state index in [1.165, 1.54) is 10.9 Å². The first-order valence-corrected chi connectivity index (χ1v) is 5.41. The van der Waals surface area contributed by atoms with E-state index in [0.717, 1.165) is 0 Å². The summed E-state index contributed by atoms with van der Waals surface area (Å²) >= 11 is 0. The number of carbonyl (C=O) groups excluding carboxylic acids is 2. The molecule has 0 radical (unpaired) electrons. The number of ketones is 2. The lowest BCUT2D eigenvalue weighted by molar-refractivity contribution is 0.0973. The van der Waals surface area contributed by atoms with Gasteiger partial charge in [-0.15, -0.1) is 6.42 Å². The average molecular weight is 236 g/mol. The van der Waals surface area contributed by atoms with E-state index < -0.39 is 0 Å². The van der Waals surface area contributed by atoms with Crippen molar-refractivity contribution in [2.45, 2.75) is 6.54 Å². The molecule has 0 N–H and O–H groups in total. The molecule has 2 aromatic rings. The highest BCUT2D eigenvalue weighted by molar-refractivity contribution is 6.27. The minimum Gasteiger partial charge on any atom is -0.288 e. The Balaban J connectivity index is 2.26. The van der Waals surface area contributed by atoms with Crippen LogP contribution in [-0.2, 0) is 6.54 Å². The fourth-order valence-electron chi connectivity index (χ4n) is 2.15. The molecular formula is C14H8N2O2. The van der Waals surface area contributed by atoms with E-state index in [4.69, 9.17) is 6.42 Å². The zero-order chi connectivity index (χ0) is 12.7. The van der Waals surface area contributed by atoms with Crippen molar-refractivity contribution >= 4 is 11.6 Å². The van der Waals surface area contributed by atoms with Crippen molar-refractivity contribution < 1.29 is 9.59 Å². The van der Waals surface area contributed by atoms with Crippen LogP contribution >= 0.6 is 0 Å². The van der Waals surface area contributed by atoms with Crippen LogP contribution in [0, 0.1) is 12.3 Å². The van der Waals surface area contributed by atoms with Crippen LogP contribution in [0.15, 0.2) is 30.5 Å². The number of rotatable bonds is 1. The molecule has 0 saturated carbocycles. The van der Waals surface area contributed by atoms with Crippen molar-refractivity contribution in [1.82, 2.24) is 9.78 Å². The molecule has 18 heavy (non-hydrogen) atoms. The second-order valence-electron chi connectivity index (χ2n) is 3.97. The van der Waals surface area contributed by atoms with Gasteiger partial charge in [0.1, 0.15) is 12.2 Å². The number of terminal acetylenes is 1. The maximum atomic E-state index is 12.3. The number of aromatic nitrogens is 2. The van der Waals surface area contributed by atoms with Crippen LogP contribution in [0.4, 0.5) is 0 Å². The Morgan fingerprint density at radius 2 is 1.78 bits per heavy atom. The number of carbonyl (C=O) groups is 2. The molecule has 4 heteroatoms. The molecule has 1 aromatic carbocycles. The normalized spacial score (nSPS) is 12.8. The lowest BCUT2D eigenvalue weighted by Crippen LogP contribution is -2.22. The highest BCUT2D eigenvalue weighted by atomic mass is 16.1. The van der Waals surface area contributed by atoms with Gasteiger partial charge in [0.15, 0.2) is 5.78 Å². The van der Waals surface area contributed by atoms with Crippen LogP contribution in [-0.4, -0.2) is 21.3 Å². The molecule has 0 spiro atoms. The van der Waals surface area contributed by atoms with Gasteiger partial charge in [0, 0.05) is 11.1 Å². The van der Waals surface area contributed by atoms with Crippen molar-refractivity contribution in [3.05, 3.63) is 52.8 Å². The van der Waals surface area contributed by atoms with Gasteiger partial charge in [-0.1, -0.05) is 30.2 Å². The van der Waals surface area contributed by atoms with E-state index in [1.54, 1.807) is 24.3 Å². The van der Waals surface area contributed by atoms with Crippen molar-refractivity contribution in [2.75, 3.05) is 0 Å². The molecule has 86 valence electrons. The summed E-state index contributed by atoms with van der Waals surface area (Å²) < 4.78 is 1.39. The minimum absolute atomic E-state index is 0.177. The molecule has 1 aliphatic rings. The summed E-state index contributed by atoms with van der Waals surface area (Å²) in [6.07, 6.45) is 6.63. The predicted molar refractivity (Wildman–Crippen MR) is 64.4 cm³/mol. The lowest BCUT2D eigenvalue weighted by atomic mass is 9.88. The average Bonchev–Trinajstić information content (AvgIpc) is 2.81. The Hall–Kier alpha value is -2.67. The summed E-state index contributed by atoms with van der Waals surface area (Å²) in [5, 5.41) is 4.00. The zero-order valence-electron chi connectivity index (χ0n) is 9.38. The molecule has 0 fully saturated rings. The topological polar surface area (TPSA) is 52.0 Å². The van der Waals surface area contributed by atoms with Crippen LogP contribution in [0.25, 0.3) is 0 Å². The molecule has 0 saturated heterocycles. The SMILES string of the molecule is C#CCn1ncc2c1C(=O)c1ccccc1C2=O. The Morgan fingerprint density at radius 1 is 1.11 bits per heavy atom. The highest BCUT2D eigenvalue weighted by Crippen LogP contribution is 2.26.